The lowest BCUT2D eigenvalue weighted by molar-refractivity contribution is 0.316. The zero-order chi connectivity index (χ0) is 14.5. The lowest BCUT2D eigenvalue weighted by atomic mass is 10.1. The maximum absolute atomic E-state index is 4.06. The largest absolute Gasteiger partial charge is 0.308 e. The lowest BCUT2D eigenvalue weighted by Crippen LogP contribution is -2.34. The van der Waals surface area contributed by atoms with E-state index in [2.05, 4.69) is 64.6 Å². The molecule has 0 saturated carbocycles. The van der Waals surface area contributed by atoms with E-state index in [1.165, 1.54) is 17.7 Å². The quantitative estimate of drug-likeness (QED) is 0.913. The van der Waals surface area contributed by atoms with E-state index in [4.69, 9.17) is 0 Å². The second kappa shape index (κ2) is 6.83. The molecule has 0 radical (unpaired) electrons. The highest BCUT2D eigenvalue weighted by Gasteiger charge is 2.28. The first-order chi connectivity index (χ1) is 10.3. The van der Waals surface area contributed by atoms with Crippen LogP contribution in [0.25, 0.3) is 0 Å². The topological polar surface area (TPSA) is 28.2 Å². The van der Waals surface area contributed by atoms with Gasteiger partial charge in [0, 0.05) is 44.6 Å². The molecule has 0 bridgehead atoms. The predicted octanol–water partition coefficient (Wildman–Crippen LogP) is 2.69. The van der Waals surface area contributed by atoms with Crippen molar-refractivity contribution in [2.24, 2.45) is 5.92 Å². The molecule has 3 rings (SSSR count). The molecular weight excluding hydrogens is 258 g/mol. The van der Waals surface area contributed by atoms with E-state index in [1.54, 1.807) is 0 Å². The zero-order valence-corrected chi connectivity index (χ0v) is 12.6. The number of pyridine rings is 1. The minimum Gasteiger partial charge on any atom is -0.308 e. The van der Waals surface area contributed by atoms with Gasteiger partial charge in [0.25, 0.3) is 0 Å². The lowest BCUT2D eigenvalue weighted by Gasteiger charge is -2.17. The molecule has 1 aliphatic rings. The van der Waals surface area contributed by atoms with Crippen molar-refractivity contribution in [3.63, 3.8) is 0 Å². The summed E-state index contributed by atoms with van der Waals surface area (Å²) in [6.45, 7) is 6.62. The number of rotatable bonds is 5. The van der Waals surface area contributed by atoms with Gasteiger partial charge in [0.15, 0.2) is 0 Å². The van der Waals surface area contributed by atoms with Crippen LogP contribution in [0.1, 0.15) is 18.1 Å². The van der Waals surface area contributed by atoms with Crippen LogP contribution < -0.4 is 5.32 Å². The van der Waals surface area contributed by atoms with Crippen molar-refractivity contribution in [3.05, 3.63) is 66.0 Å². The third kappa shape index (κ3) is 3.90. The molecule has 0 unspecified atom stereocenters. The molecule has 1 saturated heterocycles. The Morgan fingerprint density at radius 1 is 1.05 bits per heavy atom. The van der Waals surface area contributed by atoms with Crippen LogP contribution in [0.2, 0.25) is 0 Å². The van der Waals surface area contributed by atoms with Crippen LogP contribution >= 0.6 is 0 Å². The molecule has 3 nitrogen and oxygen atoms in total. The molecule has 1 aromatic carbocycles. The van der Waals surface area contributed by atoms with E-state index in [9.17, 15) is 0 Å². The number of benzene rings is 1. The van der Waals surface area contributed by atoms with E-state index >= 15 is 0 Å². The zero-order valence-electron chi connectivity index (χ0n) is 12.6. The van der Waals surface area contributed by atoms with Crippen LogP contribution in [0.5, 0.6) is 0 Å². The Labute approximate surface area is 127 Å². The summed E-state index contributed by atoms with van der Waals surface area (Å²) in [6.07, 6.45) is 3.72. The van der Waals surface area contributed by atoms with Crippen LogP contribution in [0, 0.1) is 5.92 Å². The minimum absolute atomic E-state index is 0.571. The Morgan fingerprint density at radius 3 is 2.57 bits per heavy atom. The monoisotopic (exact) mass is 281 g/mol. The molecule has 3 heteroatoms. The van der Waals surface area contributed by atoms with Gasteiger partial charge >= 0.3 is 0 Å². The number of hydrogen-bond donors (Lipinski definition) is 1. The molecule has 2 aromatic rings. The van der Waals surface area contributed by atoms with Gasteiger partial charge in [-0.2, -0.15) is 0 Å². The van der Waals surface area contributed by atoms with Gasteiger partial charge < -0.3 is 5.32 Å². The molecule has 1 N–H and O–H groups in total. The van der Waals surface area contributed by atoms with Crippen molar-refractivity contribution < 1.29 is 0 Å². The average molecular weight is 281 g/mol. The van der Waals surface area contributed by atoms with Gasteiger partial charge in [0.1, 0.15) is 0 Å². The summed E-state index contributed by atoms with van der Waals surface area (Å²) in [5.41, 5.74) is 2.71. The smallest absolute Gasteiger partial charge is 0.0271 e. The molecule has 0 amide bonds. The van der Waals surface area contributed by atoms with Gasteiger partial charge in [0.2, 0.25) is 0 Å². The Morgan fingerprint density at radius 2 is 1.81 bits per heavy atom. The second-order valence-corrected chi connectivity index (χ2v) is 6.00. The highest BCUT2D eigenvalue weighted by atomic mass is 15.2. The number of hydrogen-bond acceptors (Lipinski definition) is 3. The van der Waals surface area contributed by atoms with Gasteiger partial charge in [-0.25, -0.2) is 0 Å². The molecule has 110 valence electrons. The summed E-state index contributed by atoms with van der Waals surface area (Å²) < 4.78 is 0. The molecule has 1 fully saturated rings. The van der Waals surface area contributed by atoms with E-state index in [0.717, 1.165) is 19.6 Å². The van der Waals surface area contributed by atoms with E-state index in [1.807, 2.05) is 12.4 Å². The fourth-order valence-electron chi connectivity index (χ4n) is 3.05. The molecule has 0 aliphatic carbocycles. The van der Waals surface area contributed by atoms with Crippen LogP contribution in [0.15, 0.2) is 54.9 Å². The summed E-state index contributed by atoms with van der Waals surface area (Å²) in [4.78, 5) is 6.61. The highest BCUT2D eigenvalue weighted by Crippen LogP contribution is 2.19. The van der Waals surface area contributed by atoms with Crippen molar-refractivity contribution in [1.29, 1.82) is 0 Å². The maximum Gasteiger partial charge on any atom is 0.0271 e. The third-order valence-corrected chi connectivity index (χ3v) is 4.25. The molecule has 2 atom stereocenters. The second-order valence-electron chi connectivity index (χ2n) is 6.00. The van der Waals surface area contributed by atoms with Gasteiger partial charge in [-0.1, -0.05) is 37.3 Å². The number of likely N-dealkylation sites (tertiary alicyclic amines) is 1. The van der Waals surface area contributed by atoms with Crippen LogP contribution in [0.4, 0.5) is 0 Å². The SMILES string of the molecule is C[C@H]1CN(Cc2ccccc2)C[C@@H]1NCc1ccncc1. The molecule has 1 aliphatic heterocycles. The maximum atomic E-state index is 4.06. The van der Waals surface area contributed by atoms with Crippen LogP contribution in [0.3, 0.4) is 0 Å². The molecule has 2 heterocycles. The van der Waals surface area contributed by atoms with Crippen molar-refractivity contribution >= 4 is 0 Å². The first-order valence-electron chi connectivity index (χ1n) is 7.70. The van der Waals surface area contributed by atoms with Gasteiger partial charge in [-0.3, -0.25) is 9.88 Å². The normalized spacial score (nSPS) is 22.5. The van der Waals surface area contributed by atoms with Crippen molar-refractivity contribution in [2.75, 3.05) is 13.1 Å². The van der Waals surface area contributed by atoms with Gasteiger partial charge in [0.05, 0.1) is 0 Å². The van der Waals surface area contributed by atoms with Crippen molar-refractivity contribution in [3.8, 4) is 0 Å². The number of aromatic nitrogens is 1. The average Bonchev–Trinajstić information content (AvgIpc) is 2.87. The Balaban J connectivity index is 1.51. The van der Waals surface area contributed by atoms with E-state index in [0.29, 0.717) is 12.0 Å². The summed E-state index contributed by atoms with van der Waals surface area (Å²) in [6, 6.07) is 15.5. The fourth-order valence-corrected chi connectivity index (χ4v) is 3.05. The Hall–Kier alpha value is -1.71. The minimum atomic E-state index is 0.571. The van der Waals surface area contributed by atoms with Crippen molar-refractivity contribution in [2.45, 2.75) is 26.1 Å². The molecule has 0 spiro atoms. The summed E-state index contributed by atoms with van der Waals surface area (Å²) in [5, 5.41) is 3.69. The first-order valence-corrected chi connectivity index (χ1v) is 7.70. The van der Waals surface area contributed by atoms with Crippen LogP contribution in [-0.2, 0) is 13.1 Å². The Kier molecular flexibility index (Phi) is 4.63. The standard InChI is InChI=1S/C18H23N3/c1-15-12-21(13-17-5-3-2-4-6-17)14-18(15)20-11-16-7-9-19-10-8-16/h2-10,15,18,20H,11-14H2,1H3/t15-,18-/m0/s1. The molecular formula is C18H23N3. The molecule has 21 heavy (non-hydrogen) atoms. The number of nitrogens with one attached hydrogen (secondary N) is 1. The molecule has 1 aromatic heterocycles. The van der Waals surface area contributed by atoms with Gasteiger partial charge in [-0.05, 0) is 29.2 Å². The predicted molar refractivity (Wildman–Crippen MR) is 85.7 cm³/mol. The summed E-state index contributed by atoms with van der Waals surface area (Å²) in [7, 11) is 0. The van der Waals surface area contributed by atoms with E-state index in [-0.39, 0.29) is 0 Å². The highest BCUT2D eigenvalue weighted by molar-refractivity contribution is 5.15. The first kappa shape index (κ1) is 14.2. The fraction of sp³-hybridized carbons (Fsp3) is 0.389. The summed E-state index contributed by atoms with van der Waals surface area (Å²) >= 11 is 0. The third-order valence-electron chi connectivity index (χ3n) is 4.25. The number of nitrogens with zero attached hydrogens (tertiary/aromatic N) is 2. The van der Waals surface area contributed by atoms with Crippen molar-refractivity contribution in [1.82, 2.24) is 15.2 Å². The summed E-state index contributed by atoms with van der Waals surface area (Å²) in [5.74, 6) is 0.690. The Bertz CT molecular complexity index is 541. The van der Waals surface area contributed by atoms with E-state index < -0.39 is 0 Å². The van der Waals surface area contributed by atoms with Gasteiger partial charge in [-0.15, -0.1) is 0 Å². The van der Waals surface area contributed by atoms with Crippen LogP contribution in [-0.4, -0.2) is 29.0 Å².